The number of amides is 1. The summed E-state index contributed by atoms with van der Waals surface area (Å²) >= 11 is 6.15. The highest BCUT2D eigenvalue weighted by molar-refractivity contribution is 6.34. The average Bonchev–Trinajstić information content (AvgIpc) is 3.32. The first-order chi connectivity index (χ1) is 17.0. The minimum atomic E-state index is -0.577. The van der Waals surface area contributed by atoms with Gasteiger partial charge < -0.3 is 14.8 Å². The SMILES string of the molecule is COc1ccc(-c2nn(-c3ccccc3)cc2C=C(C#N)C(=O)Nc2ccccc2Cl)cc1OC. The van der Waals surface area contributed by atoms with Crippen LogP contribution in [0.3, 0.4) is 0 Å². The number of benzene rings is 3. The molecular weight excluding hydrogens is 464 g/mol. The highest BCUT2D eigenvalue weighted by atomic mass is 35.5. The highest BCUT2D eigenvalue weighted by Crippen LogP contribution is 2.34. The van der Waals surface area contributed by atoms with Crippen molar-refractivity contribution in [1.82, 2.24) is 9.78 Å². The van der Waals surface area contributed by atoms with E-state index in [9.17, 15) is 10.1 Å². The number of nitriles is 1. The molecule has 0 fully saturated rings. The third-order valence-corrected chi connectivity index (χ3v) is 5.54. The predicted octanol–water partition coefficient (Wildman–Crippen LogP) is 5.76. The van der Waals surface area contributed by atoms with Crippen molar-refractivity contribution in [1.29, 1.82) is 5.26 Å². The van der Waals surface area contributed by atoms with Gasteiger partial charge in [-0.2, -0.15) is 10.4 Å². The van der Waals surface area contributed by atoms with E-state index in [1.54, 1.807) is 61.5 Å². The minimum Gasteiger partial charge on any atom is -0.493 e. The molecule has 0 saturated heterocycles. The van der Waals surface area contributed by atoms with Crippen molar-refractivity contribution >= 4 is 29.3 Å². The number of methoxy groups -OCH3 is 2. The summed E-state index contributed by atoms with van der Waals surface area (Å²) in [4.78, 5) is 12.9. The fraction of sp³-hybridized carbons (Fsp3) is 0.0741. The van der Waals surface area contributed by atoms with Gasteiger partial charge in [-0.05, 0) is 48.5 Å². The number of anilines is 1. The first kappa shape index (κ1) is 23.6. The zero-order chi connectivity index (χ0) is 24.8. The van der Waals surface area contributed by atoms with Crippen LogP contribution in [0.5, 0.6) is 11.5 Å². The molecule has 0 unspecified atom stereocenters. The average molecular weight is 485 g/mol. The van der Waals surface area contributed by atoms with E-state index >= 15 is 0 Å². The zero-order valence-electron chi connectivity index (χ0n) is 19.0. The normalized spacial score (nSPS) is 11.0. The summed E-state index contributed by atoms with van der Waals surface area (Å²) in [5.41, 5.74) is 3.01. The molecule has 4 rings (SSSR count). The fourth-order valence-corrected chi connectivity index (χ4v) is 3.65. The molecule has 1 aromatic heterocycles. The Kier molecular flexibility index (Phi) is 7.15. The van der Waals surface area contributed by atoms with Gasteiger partial charge in [-0.1, -0.05) is 41.9 Å². The van der Waals surface area contributed by atoms with Crippen LogP contribution in [0.2, 0.25) is 5.02 Å². The number of carbonyl (C=O) groups is 1. The maximum absolute atomic E-state index is 12.9. The Morgan fingerprint density at radius 2 is 1.74 bits per heavy atom. The third-order valence-electron chi connectivity index (χ3n) is 5.21. The van der Waals surface area contributed by atoms with Crippen LogP contribution in [-0.2, 0) is 4.79 Å². The molecule has 0 radical (unpaired) electrons. The molecule has 8 heteroatoms. The van der Waals surface area contributed by atoms with Crippen molar-refractivity contribution in [2.24, 2.45) is 0 Å². The number of hydrogen-bond donors (Lipinski definition) is 1. The van der Waals surface area contributed by atoms with Crippen LogP contribution in [0.25, 0.3) is 23.0 Å². The number of para-hydroxylation sites is 2. The van der Waals surface area contributed by atoms with Crippen molar-refractivity contribution in [2.45, 2.75) is 0 Å². The number of hydrogen-bond acceptors (Lipinski definition) is 5. The monoisotopic (exact) mass is 484 g/mol. The summed E-state index contributed by atoms with van der Waals surface area (Å²) in [5, 5.41) is 17.6. The molecule has 0 aliphatic carbocycles. The second-order valence-electron chi connectivity index (χ2n) is 7.39. The van der Waals surface area contributed by atoms with Gasteiger partial charge >= 0.3 is 0 Å². The van der Waals surface area contributed by atoms with Crippen molar-refractivity contribution < 1.29 is 14.3 Å². The predicted molar refractivity (Wildman–Crippen MR) is 136 cm³/mol. The molecule has 0 spiro atoms. The van der Waals surface area contributed by atoms with Gasteiger partial charge in [0.1, 0.15) is 17.3 Å². The Hall–Kier alpha value is -4.54. The topological polar surface area (TPSA) is 89.2 Å². The first-order valence-electron chi connectivity index (χ1n) is 10.6. The number of aromatic nitrogens is 2. The number of rotatable bonds is 7. The van der Waals surface area contributed by atoms with E-state index in [4.69, 9.17) is 26.2 Å². The summed E-state index contributed by atoms with van der Waals surface area (Å²) < 4.78 is 12.5. The van der Waals surface area contributed by atoms with E-state index in [1.807, 2.05) is 42.5 Å². The lowest BCUT2D eigenvalue weighted by molar-refractivity contribution is -0.112. The molecular formula is C27H21ClN4O3. The summed E-state index contributed by atoms with van der Waals surface area (Å²) in [6.45, 7) is 0. The summed E-state index contributed by atoms with van der Waals surface area (Å²) in [6.07, 6.45) is 3.27. The van der Waals surface area contributed by atoms with Gasteiger partial charge in [-0.15, -0.1) is 0 Å². The summed E-state index contributed by atoms with van der Waals surface area (Å²) in [7, 11) is 3.12. The second kappa shape index (κ2) is 10.6. The van der Waals surface area contributed by atoms with Crippen LogP contribution in [0.4, 0.5) is 5.69 Å². The summed E-state index contributed by atoms with van der Waals surface area (Å²) in [5.74, 6) is 0.533. The third kappa shape index (κ3) is 5.18. The number of nitrogens with zero attached hydrogens (tertiary/aromatic N) is 3. The maximum atomic E-state index is 12.9. The molecule has 3 aromatic carbocycles. The standard InChI is InChI=1S/C27H21ClN4O3/c1-34-24-13-12-18(15-25(24)35-2)26-20(17-32(31-26)21-8-4-3-5-9-21)14-19(16-29)27(33)30-23-11-7-6-10-22(23)28/h3-15,17H,1-2H3,(H,30,33). The molecule has 7 nitrogen and oxygen atoms in total. The Morgan fingerprint density at radius 3 is 2.43 bits per heavy atom. The van der Waals surface area contributed by atoms with E-state index in [0.717, 1.165) is 11.3 Å². The van der Waals surface area contributed by atoms with E-state index < -0.39 is 5.91 Å². The van der Waals surface area contributed by atoms with Gasteiger partial charge in [-0.25, -0.2) is 4.68 Å². The number of ether oxygens (including phenoxy) is 2. The molecule has 1 amide bonds. The lowest BCUT2D eigenvalue weighted by atomic mass is 10.0. The van der Waals surface area contributed by atoms with Crippen LogP contribution >= 0.6 is 11.6 Å². The number of halogens is 1. The van der Waals surface area contributed by atoms with Gasteiger partial charge in [0, 0.05) is 17.3 Å². The summed E-state index contributed by atoms with van der Waals surface area (Å²) in [6, 6.07) is 23.8. The smallest absolute Gasteiger partial charge is 0.266 e. The van der Waals surface area contributed by atoms with Crippen LogP contribution < -0.4 is 14.8 Å². The fourth-order valence-electron chi connectivity index (χ4n) is 3.47. The second-order valence-corrected chi connectivity index (χ2v) is 7.79. The minimum absolute atomic E-state index is 0.0979. The molecule has 0 aliphatic heterocycles. The van der Waals surface area contributed by atoms with Crippen LogP contribution in [0, 0.1) is 11.3 Å². The van der Waals surface area contributed by atoms with Crippen LogP contribution in [0.1, 0.15) is 5.56 Å². The largest absolute Gasteiger partial charge is 0.493 e. The lowest BCUT2D eigenvalue weighted by Crippen LogP contribution is -2.13. The Bertz CT molecular complexity index is 1440. The van der Waals surface area contributed by atoms with E-state index in [2.05, 4.69) is 5.32 Å². The van der Waals surface area contributed by atoms with E-state index in [-0.39, 0.29) is 5.57 Å². The molecule has 1 N–H and O–H groups in total. The van der Waals surface area contributed by atoms with Crippen molar-refractivity contribution in [3.8, 4) is 34.5 Å². The molecule has 0 aliphatic rings. The van der Waals surface area contributed by atoms with Gasteiger partial charge in [0.2, 0.25) is 0 Å². The van der Waals surface area contributed by atoms with Gasteiger partial charge in [0.25, 0.3) is 5.91 Å². The molecule has 0 saturated carbocycles. The van der Waals surface area contributed by atoms with Crippen LogP contribution in [-0.4, -0.2) is 29.9 Å². The lowest BCUT2D eigenvalue weighted by Gasteiger charge is -2.09. The van der Waals surface area contributed by atoms with E-state index in [1.165, 1.54) is 6.08 Å². The number of nitrogens with one attached hydrogen (secondary N) is 1. The molecule has 0 atom stereocenters. The quantitative estimate of drug-likeness (QED) is 0.266. The van der Waals surface area contributed by atoms with E-state index in [0.29, 0.717) is 33.5 Å². The van der Waals surface area contributed by atoms with Crippen LogP contribution in [0.15, 0.2) is 84.6 Å². The Balaban J connectivity index is 1.80. The molecule has 35 heavy (non-hydrogen) atoms. The maximum Gasteiger partial charge on any atom is 0.266 e. The molecule has 174 valence electrons. The Morgan fingerprint density at radius 1 is 1.03 bits per heavy atom. The van der Waals surface area contributed by atoms with Gasteiger partial charge in [-0.3, -0.25) is 4.79 Å². The first-order valence-corrected chi connectivity index (χ1v) is 11.0. The van der Waals surface area contributed by atoms with Crippen molar-refractivity contribution in [3.63, 3.8) is 0 Å². The zero-order valence-corrected chi connectivity index (χ0v) is 19.8. The van der Waals surface area contributed by atoms with Gasteiger partial charge in [0.15, 0.2) is 11.5 Å². The Labute approximate surface area is 207 Å². The molecule has 1 heterocycles. The highest BCUT2D eigenvalue weighted by Gasteiger charge is 2.17. The molecule has 0 bridgehead atoms. The van der Waals surface area contributed by atoms with Crippen molar-refractivity contribution in [2.75, 3.05) is 19.5 Å². The molecule has 4 aromatic rings. The number of carbonyl (C=O) groups excluding carboxylic acids is 1. The van der Waals surface area contributed by atoms with Gasteiger partial charge in [0.05, 0.1) is 30.6 Å². The van der Waals surface area contributed by atoms with Crippen molar-refractivity contribution in [3.05, 3.63) is 95.2 Å².